The van der Waals surface area contributed by atoms with Crippen LogP contribution in [0, 0.1) is 0 Å². The van der Waals surface area contributed by atoms with Gasteiger partial charge in [0.15, 0.2) is 23.0 Å². The Kier molecular flexibility index (Phi) is 8.72. The minimum atomic E-state index is -0.878. The molecule has 1 N–H and O–H groups in total. The van der Waals surface area contributed by atoms with Crippen LogP contribution >= 0.6 is 0 Å². The van der Waals surface area contributed by atoms with Crippen LogP contribution in [-0.2, 0) is 16.1 Å². The SMILES string of the molecule is CCCCCOc1ccc([C@H]2C(=C(O)c3ccc4c(c3)OCCO4)C(=O)C(=O)N2Cc2cccnc2)cc1OCC. The van der Waals surface area contributed by atoms with Crippen molar-refractivity contribution in [3.8, 4) is 23.0 Å². The monoisotopic (exact) mass is 558 g/mol. The highest BCUT2D eigenvalue weighted by atomic mass is 16.6. The standard InChI is InChI=1S/C32H34N2O7/c1-3-5-6-14-39-24-11-9-22(17-26(24)38-4-2)29-28(30(35)23-10-12-25-27(18-23)41-16-15-40-25)31(36)32(37)34(29)20-21-8-7-13-33-19-21/h7-13,17-19,29,35H,3-6,14-16,20H2,1-2H3/t29-/m0/s1. The number of likely N-dealkylation sites (tertiary alicyclic amines) is 1. The molecule has 0 spiro atoms. The minimum absolute atomic E-state index is 0.0189. The number of carbonyl (C=O) groups is 2. The van der Waals surface area contributed by atoms with E-state index in [0.29, 0.717) is 60.6 Å². The third kappa shape index (κ3) is 5.99. The third-order valence-corrected chi connectivity index (χ3v) is 7.02. The molecule has 5 rings (SSSR count). The van der Waals surface area contributed by atoms with Gasteiger partial charge < -0.3 is 29.0 Å². The molecule has 9 heteroatoms. The number of pyridine rings is 1. The van der Waals surface area contributed by atoms with Gasteiger partial charge in [-0.1, -0.05) is 31.9 Å². The number of ketones is 1. The van der Waals surface area contributed by atoms with Gasteiger partial charge in [0.05, 0.1) is 24.8 Å². The summed E-state index contributed by atoms with van der Waals surface area (Å²) in [5.74, 6) is 0.328. The number of aliphatic hydroxyl groups excluding tert-OH is 1. The Balaban J connectivity index is 1.59. The number of benzene rings is 2. The molecule has 2 aliphatic rings. The lowest BCUT2D eigenvalue weighted by molar-refractivity contribution is -0.140. The van der Waals surface area contributed by atoms with Gasteiger partial charge in [-0.15, -0.1) is 0 Å². The predicted molar refractivity (Wildman–Crippen MR) is 152 cm³/mol. The van der Waals surface area contributed by atoms with E-state index in [-0.39, 0.29) is 17.9 Å². The number of hydrogen-bond donors (Lipinski definition) is 1. The van der Waals surface area contributed by atoms with Crippen molar-refractivity contribution in [2.75, 3.05) is 26.4 Å². The lowest BCUT2D eigenvalue weighted by Gasteiger charge is -2.26. The summed E-state index contributed by atoms with van der Waals surface area (Å²) in [6, 6.07) is 13.1. The Morgan fingerprint density at radius 3 is 2.59 bits per heavy atom. The van der Waals surface area contributed by atoms with Crippen molar-refractivity contribution in [1.29, 1.82) is 0 Å². The van der Waals surface area contributed by atoms with Crippen molar-refractivity contribution < 1.29 is 33.6 Å². The fourth-order valence-electron chi connectivity index (χ4n) is 5.04. The predicted octanol–water partition coefficient (Wildman–Crippen LogP) is 5.44. The van der Waals surface area contributed by atoms with Gasteiger partial charge in [0, 0.05) is 24.5 Å². The van der Waals surface area contributed by atoms with E-state index >= 15 is 0 Å². The molecule has 3 aromatic rings. The maximum absolute atomic E-state index is 13.5. The van der Waals surface area contributed by atoms with Gasteiger partial charge in [-0.25, -0.2) is 0 Å². The first-order chi connectivity index (χ1) is 20.0. The number of unbranched alkanes of at least 4 members (excludes halogenated alkanes) is 2. The van der Waals surface area contributed by atoms with E-state index in [1.165, 1.54) is 4.90 Å². The maximum Gasteiger partial charge on any atom is 0.295 e. The number of amides is 1. The Morgan fingerprint density at radius 1 is 1.00 bits per heavy atom. The summed E-state index contributed by atoms with van der Waals surface area (Å²) in [5, 5.41) is 11.5. The van der Waals surface area contributed by atoms with Crippen molar-refractivity contribution >= 4 is 17.4 Å². The zero-order chi connectivity index (χ0) is 28.8. The smallest absolute Gasteiger partial charge is 0.295 e. The molecule has 9 nitrogen and oxygen atoms in total. The number of rotatable bonds is 11. The summed E-state index contributed by atoms with van der Waals surface area (Å²) < 4.78 is 23.2. The van der Waals surface area contributed by atoms with Gasteiger partial charge in [-0.3, -0.25) is 14.6 Å². The molecule has 0 saturated carbocycles. The molecule has 2 aromatic carbocycles. The van der Waals surface area contributed by atoms with E-state index in [4.69, 9.17) is 18.9 Å². The second-order valence-electron chi connectivity index (χ2n) is 9.84. The van der Waals surface area contributed by atoms with Crippen molar-refractivity contribution in [3.63, 3.8) is 0 Å². The van der Waals surface area contributed by atoms with Crippen molar-refractivity contribution in [3.05, 3.63) is 83.2 Å². The Hall–Kier alpha value is -4.53. The van der Waals surface area contributed by atoms with Crippen molar-refractivity contribution in [2.45, 2.75) is 45.7 Å². The number of Topliss-reactive ketones (excluding diaryl/α,β-unsaturated/α-hetero) is 1. The van der Waals surface area contributed by atoms with Crippen LogP contribution < -0.4 is 18.9 Å². The van der Waals surface area contributed by atoms with Crippen LogP contribution in [-0.4, -0.2) is 53.1 Å². The summed E-state index contributed by atoms with van der Waals surface area (Å²) >= 11 is 0. The van der Waals surface area contributed by atoms with Crippen LogP contribution in [0.1, 0.15) is 55.8 Å². The molecule has 1 saturated heterocycles. The number of ether oxygens (including phenoxy) is 4. The average Bonchev–Trinajstić information content (AvgIpc) is 3.25. The van der Waals surface area contributed by atoms with Gasteiger partial charge in [-0.05, 0) is 60.9 Å². The van der Waals surface area contributed by atoms with E-state index in [1.54, 1.807) is 48.8 Å². The Bertz CT molecular complexity index is 1440. The molecule has 1 atom stereocenters. The second kappa shape index (κ2) is 12.8. The quantitative estimate of drug-likeness (QED) is 0.143. The lowest BCUT2D eigenvalue weighted by Crippen LogP contribution is -2.29. The van der Waals surface area contributed by atoms with Crippen molar-refractivity contribution in [1.82, 2.24) is 9.88 Å². The fourth-order valence-corrected chi connectivity index (χ4v) is 5.04. The molecule has 3 heterocycles. The van der Waals surface area contributed by atoms with E-state index in [0.717, 1.165) is 24.8 Å². The van der Waals surface area contributed by atoms with Gasteiger partial charge in [0.2, 0.25) is 0 Å². The molecule has 1 amide bonds. The number of hydrogen-bond acceptors (Lipinski definition) is 8. The summed E-state index contributed by atoms with van der Waals surface area (Å²) in [6.45, 7) is 5.90. The number of nitrogens with zero attached hydrogens (tertiary/aromatic N) is 2. The summed E-state index contributed by atoms with van der Waals surface area (Å²) in [5.41, 5.74) is 1.69. The highest BCUT2D eigenvalue weighted by Gasteiger charge is 2.46. The summed E-state index contributed by atoms with van der Waals surface area (Å²) in [6.07, 6.45) is 6.36. The molecule has 41 heavy (non-hydrogen) atoms. The van der Waals surface area contributed by atoms with Crippen LogP contribution in [0.3, 0.4) is 0 Å². The first-order valence-corrected chi connectivity index (χ1v) is 14.0. The molecule has 0 bridgehead atoms. The molecule has 0 unspecified atom stereocenters. The number of aliphatic hydroxyl groups is 1. The Morgan fingerprint density at radius 2 is 1.83 bits per heavy atom. The van der Waals surface area contributed by atoms with Crippen LogP contribution in [0.4, 0.5) is 0 Å². The zero-order valence-electron chi connectivity index (χ0n) is 23.3. The van der Waals surface area contributed by atoms with Gasteiger partial charge in [0.25, 0.3) is 11.7 Å². The lowest BCUT2D eigenvalue weighted by atomic mass is 9.94. The highest BCUT2D eigenvalue weighted by molar-refractivity contribution is 6.46. The minimum Gasteiger partial charge on any atom is -0.507 e. The first-order valence-electron chi connectivity index (χ1n) is 14.0. The molecule has 0 radical (unpaired) electrons. The summed E-state index contributed by atoms with van der Waals surface area (Å²) in [4.78, 5) is 32.6. The third-order valence-electron chi connectivity index (χ3n) is 7.02. The number of carbonyl (C=O) groups excluding carboxylic acids is 2. The molecule has 214 valence electrons. The fraction of sp³-hybridized carbons (Fsp3) is 0.344. The van der Waals surface area contributed by atoms with Crippen LogP contribution in [0.2, 0.25) is 0 Å². The van der Waals surface area contributed by atoms with E-state index in [1.807, 2.05) is 19.1 Å². The second-order valence-corrected chi connectivity index (χ2v) is 9.84. The van der Waals surface area contributed by atoms with Crippen LogP contribution in [0.25, 0.3) is 5.76 Å². The van der Waals surface area contributed by atoms with Gasteiger partial charge in [0.1, 0.15) is 19.0 Å². The Labute approximate surface area is 239 Å². The number of aromatic nitrogens is 1. The molecular formula is C32H34N2O7. The maximum atomic E-state index is 13.5. The van der Waals surface area contributed by atoms with E-state index in [2.05, 4.69) is 11.9 Å². The first kappa shape index (κ1) is 28.0. The average molecular weight is 559 g/mol. The number of fused-ring (bicyclic) bond motifs is 1. The normalized spacial score (nSPS) is 17.5. The van der Waals surface area contributed by atoms with Gasteiger partial charge >= 0.3 is 0 Å². The molecule has 1 fully saturated rings. The zero-order valence-corrected chi connectivity index (χ0v) is 23.3. The van der Waals surface area contributed by atoms with Gasteiger partial charge in [-0.2, -0.15) is 0 Å². The molecule has 1 aromatic heterocycles. The molecule has 2 aliphatic heterocycles. The van der Waals surface area contributed by atoms with Crippen LogP contribution in [0.5, 0.6) is 23.0 Å². The van der Waals surface area contributed by atoms with E-state index < -0.39 is 17.7 Å². The van der Waals surface area contributed by atoms with Crippen LogP contribution in [0.15, 0.2) is 66.5 Å². The topological polar surface area (TPSA) is 107 Å². The highest BCUT2D eigenvalue weighted by Crippen LogP contribution is 2.43. The molecular weight excluding hydrogens is 524 g/mol. The van der Waals surface area contributed by atoms with E-state index in [9.17, 15) is 14.7 Å². The largest absolute Gasteiger partial charge is 0.507 e. The molecule has 0 aliphatic carbocycles. The summed E-state index contributed by atoms with van der Waals surface area (Å²) in [7, 11) is 0. The van der Waals surface area contributed by atoms with Crippen molar-refractivity contribution in [2.24, 2.45) is 0 Å².